The van der Waals surface area contributed by atoms with E-state index in [1.54, 1.807) is 11.8 Å². The zero-order chi connectivity index (χ0) is 19.2. The molecule has 0 unspecified atom stereocenters. The van der Waals surface area contributed by atoms with E-state index in [0.717, 1.165) is 35.7 Å². The maximum atomic E-state index is 12.9. The van der Waals surface area contributed by atoms with Crippen LogP contribution < -0.4 is 5.32 Å². The largest absolute Gasteiger partial charge is 0.339 e. The first kappa shape index (κ1) is 19.5. The highest BCUT2D eigenvalue weighted by Crippen LogP contribution is 2.34. The molecule has 27 heavy (non-hydrogen) atoms. The fraction of sp³-hybridized carbons (Fsp3) is 0.364. The Balaban J connectivity index is 1.85. The fourth-order valence-electron chi connectivity index (χ4n) is 3.23. The van der Waals surface area contributed by atoms with E-state index in [-0.39, 0.29) is 11.8 Å². The number of aryl methyl sites for hydroxylation is 1. The van der Waals surface area contributed by atoms with Crippen LogP contribution in [-0.2, 0) is 4.79 Å². The smallest absolute Gasteiger partial charge is 0.253 e. The SMILES string of the molecule is CC(=O)Nc1cc(C(=O)N2CCCCCC2)ccc1Sc1ccc(C)cc1. The van der Waals surface area contributed by atoms with Gasteiger partial charge in [0.05, 0.1) is 5.69 Å². The molecular weight excluding hydrogens is 356 g/mol. The first-order valence-electron chi connectivity index (χ1n) is 9.48. The Bertz CT molecular complexity index is 810. The Kier molecular flexibility index (Phi) is 6.56. The van der Waals surface area contributed by atoms with Gasteiger partial charge in [-0.05, 0) is 50.1 Å². The molecule has 0 aliphatic carbocycles. The zero-order valence-electron chi connectivity index (χ0n) is 16.0. The summed E-state index contributed by atoms with van der Waals surface area (Å²) >= 11 is 1.58. The highest BCUT2D eigenvalue weighted by molar-refractivity contribution is 7.99. The summed E-state index contributed by atoms with van der Waals surface area (Å²) in [6, 6.07) is 13.9. The van der Waals surface area contributed by atoms with Crippen molar-refractivity contribution in [1.82, 2.24) is 4.90 Å². The molecule has 0 saturated carbocycles. The predicted octanol–water partition coefficient (Wildman–Crippen LogP) is 5.12. The van der Waals surface area contributed by atoms with E-state index in [4.69, 9.17) is 0 Å². The van der Waals surface area contributed by atoms with Crippen LogP contribution in [0.4, 0.5) is 5.69 Å². The molecular formula is C22H26N2O2S. The van der Waals surface area contributed by atoms with Crippen molar-refractivity contribution in [3.05, 3.63) is 53.6 Å². The van der Waals surface area contributed by atoms with Gasteiger partial charge in [-0.3, -0.25) is 9.59 Å². The van der Waals surface area contributed by atoms with E-state index in [1.807, 2.05) is 23.1 Å². The van der Waals surface area contributed by atoms with Crippen molar-refractivity contribution in [2.75, 3.05) is 18.4 Å². The quantitative estimate of drug-likeness (QED) is 0.798. The van der Waals surface area contributed by atoms with Gasteiger partial charge in [-0.15, -0.1) is 0 Å². The highest BCUT2D eigenvalue weighted by atomic mass is 32.2. The second-order valence-electron chi connectivity index (χ2n) is 7.01. The lowest BCUT2D eigenvalue weighted by Crippen LogP contribution is -2.31. The Morgan fingerprint density at radius 2 is 1.63 bits per heavy atom. The number of likely N-dealkylation sites (tertiary alicyclic amines) is 1. The molecule has 2 aromatic rings. The molecule has 0 aromatic heterocycles. The molecule has 4 nitrogen and oxygen atoms in total. The predicted molar refractivity (Wildman–Crippen MR) is 110 cm³/mol. The molecule has 0 spiro atoms. The first-order chi connectivity index (χ1) is 13.0. The molecule has 1 aliphatic rings. The lowest BCUT2D eigenvalue weighted by Gasteiger charge is -2.21. The lowest BCUT2D eigenvalue weighted by molar-refractivity contribution is -0.114. The van der Waals surface area contributed by atoms with Gasteiger partial charge in [0.25, 0.3) is 5.91 Å². The number of anilines is 1. The van der Waals surface area contributed by atoms with E-state index < -0.39 is 0 Å². The Hall–Kier alpha value is -2.27. The molecule has 1 saturated heterocycles. The molecule has 1 fully saturated rings. The Morgan fingerprint density at radius 3 is 2.26 bits per heavy atom. The minimum absolute atomic E-state index is 0.0513. The molecule has 3 rings (SSSR count). The maximum absolute atomic E-state index is 12.9. The van der Waals surface area contributed by atoms with Crippen LogP contribution in [0.15, 0.2) is 52.3 Å². The van der Waals surface area contributed by atoms with Gasteiger partial charge in [0.2, 0.25) is 5.91 Å². The molecule has 1 heterocycles. The number of carbonyl (C=O) groups is 2. The van der Waals surface area contributed by atoms with Crippen LogP contribution in [0.1, 0.15) is 48.5 Å². The minimum atomic E-state index is -0.139. The van der Waals surface area contributed by atoms with Gasteiger partial charge in [0, 0.05) is 35.4 Å². The zero-order valence-corrected chi connectivity index (χ0v) is 16.8. The third kappa shape index (κ3) is 5.36. The highest BCUT2D eigenvalue weighted by Gasteiger charge is 2.19. The number of hydrogen-bond acceptors (Lipinski definition) is 3. The van der Waals surface area contributed by atoms with Crippen LogP contribution in [0.5, 0.6) is 0 Å². The number of carbonyl (C=O) groups excluding carboxylic acids is 2. The van der Waals surface area contributed by atoms with Gasteiger partial charge >= 0.3 is 0 Å². The summed E-state index contributed by atoms with van der Waals surface area (Å²) in [5.74, 6) is -0.0875. The van der Waals surface area contributed by atoms with E-state index >= 15 is 0 Å². The van der Waals surface area contributed by atoms with E-state index in [9.17, 15) is 9.59 Å². The van der Waals surface area contributed by atoms with Gasteiger partial charge in [0.15, 0.2) is 0 Å². The van der Waals surface area contributed by atoms with Crippen LogP contribution in [-0.4, -0.2) is 29.8 Å². The molecule has 1 N–H and O–H groups in total. The minimum Gasteiger partial charge on any atom is -0.339 e. The summed E-state index contributed by atoms with van der Waals surface area (Å²) < 4.78 is 0. The van der Waals surface area contributed by atoms with E-state index in [0.29, 0.717) is 11.3 Å². The molecule has 0 atom stereocenters. The third-order valence-electron chi connectivity index (χ3n) is 4.68. The van der Waals surface area contributed by atoms with Crippen molar-refractivity contribution in [3.8, 4) is 0 Å². The first-order valence-corrected chi connectivity index (χ1v) is 10.3. The molecule has 0 bridgehead atoms. The van der Waals surface area contributed by atoms with Crippen LogP contribution in [0.3, 0.4) is 0 Å². The monoisotopic (exact) mass is 382 g/mol. The summed E-state index contributed by atoms with van der Waals surface area (Å²) in [7, 11) is 0. The standard InChI is InChI=1S/C22H26N2O2S/c1-16-7-10-19(11-8-16)27-21-12-9-18(15-20(21)23-17(2)25)22(26)24-13-5-3-4-6-14-24/h7-12,15H,3-6,13-14H2,1-2H3,(H,23,25). The summed E-state index contributed by atoms with van der Waals surface area (Å²) in [6.45, 7) is 5.17. The number of nitrogens with zero attached hydrogens (tertiary/aromatic N) is 1. The van der Waals surface area contributed by atoms with Crippen LogP contribution in [0.25, 0.3) is 0 Å². The topological polar surface area (TPSA) is 49.4 Å². The van der Waals surface area contributed by atoms with Crippen molar-refractivity contribution >= 4 is 29.3 Å². The van der Waals surface area contributed by atoms with E-state index in [1.165, 1.54) is 25.3 Å². The fourth-order valence-corrected chi connectivity index (χ4v) is 4.11. The van der Waals surface area contributed by atoms with Crippen LogP contribution >= 0.6 is 11.8 Å². The van der Waals surface area contributed by atoms with Crippen molar-refractivity contribution < 1.29 is 9.59 Å². The molecule has 2 amide bonds. The van der Waals surface area contributed by atoms with Gasteiger partial charge in [-0.25, -0.2) is 0 Å². The van der Waals surface area contributed by atoms with Crippen molar-refractivity contribution in [1.29, 1.82) is 0 Å². The van der Waals surface area contributed by atoms with Crippen molar-refractivity contribution in [2.45, 2.75) is 49.3 Å². The average molecular weight is 383 g/mol. The van der Waals surface area contributed by atoms with Crippen molar-refractivity contribution in [3.63, 3.8) is 0 Å². The number of benzene rings is 2. The Morgan fingerprint density at radius 1 is 0.963 bits per heavy atom. The van der Waals surface area contributed by atoms with E-state index in [2.05, 4.69) is 36.5 Å². The number of amides is 2. The second-order valence-corrected chi connectivity index (χ2v) is 8.13. The molecule has 5 heteroatoms. The number of nitrogens with one attached hydrogen (secondary N) is 1. The molecule has 1 aliphatic heterocycles. The molecule has 2 aromatic carbocycles. The molecule has 142 valence electrons. The summed E-state index contributed by atoms with van der Waals surface area (Å²) in [4.78, 5) is 28.5. The normalized spacial score (nSPS) is 14.5. The summed E-state index contributed by atoms with van der Waals surface area (Å²) in [5.41, 5.74) is 2.53. The van der Waals surface area contributed by atoms with Gasteiger partial charge < -0.3 is 10.2 Å². The van der Waals surface area contributed by atoms with Gasteiger partial charge in [-0.1, -0.05) is 42.3 Å². The summed E-state index contributed by atoms with van der Waals surface area (Å²) in [5, 5.41) is 2.89. The van der Waals surface area contributed by atoms with Gasteiger partial charge in [-0.2, -0.15) is 0 Å². The average Bonchev–Trinajstić information content (AvgIpc) is 2.93. The number of hydrogen-bond donors (Lipinski definition) is 1. The van der Waals surface area contributed by atoms with Crippen molar-refractivity contribution in [2.24, 2.45) is 0 Å². The lowest BCUT2D eigenvalue weighted by atomic mass is 10.1. The maximum Gasteiger partial charge on any atom is 0.253 e. The summed E-state index contributed by atoms with van der Waals surface area (Å²) in [6.07, 6.45) is 4.50. The third-order valence-corrected chi connectivity index (χ3v) is 5.76. The molecule has 0 radical (unpaired) electrons. The van der Waals surface area contributed by atoms with Crippen LogP contribution in [0, 0.1) is 6.92 Å². The number of rotatable bonds is 4. The second kappa shape index (κ2) is 9.09. The van der Waals surface area contributed by atoms with Gasteiger partial charge in [0.1, 0.15) is 0 Å². The Labute approximate surface area is 165 Å². The van der Waals surface area contributed by atoms with Crippen LogP contribution in [0.2, 0.25) is 0 Å².